The van der Waals surface area contributed by atoms with Gasteiger partial charge in [0.25, 0.3) is 0 Å². The van der Waals surface area contributed by atoms with Crippen LogP contribution >= 0.6 is 11.3 Å². The van der Waals surface area contributed by atoms with E-state index in [2.05, 4.69) is 174 Å². The third-order valence-corrected chi connectivity index (χ3v) is 11.3. The normalized spacial score (nSPS) is 11.9. The second kappa shape index (κ2) is 11.0. The minimum Gasteiger partial charge on any atom is -0.456 e. The van der Waals surface area contributed by atoms with Gasteiger partial charge in [0.1, 0.15) is 17.0 Å². The predicted octanol–water partition coefficient (Wildman–Crippen LogP) is 13.4. The number of pyridine rings is 1. The van der Waals surface area contributed by atoms with Crippen LogP contribution in [0.2, 0.25) is 0 Å². The standard InChI is InChI=1S/C47H28N2OS/c1-3-11-29(12-4-1)31-19-21-40-36(25-31)34-15-7-9-17-39(34)49(40)45-28-33(30-13-5-2-6-14-30)27-38(48-45)32-20-22-41-37(26-32)46-42(50-41)23-24-44-47(46)35-16-8-10-18-43(35)51-44/h1-28H. The average Bonchev–Trinajstić information content (AvgIpc) is 3.87. The van der Waals surface area contributed by atoms with E-state index < -0.39 is 0 Å². The summed E-state index contributed by atoms with van der Waals surface area (Å²) in [4.78, 5) is 5.46. The summed E-state index contributed by atoms with van der Waals surface area (Å²) in [6, 6.07) is 60.6. The first-order valence-electron chi connectivity index (χ1n) is 17.2. The molecule has 0 bridgehead atoms. The molecule has 0 saturated carbocycles. The van der Waals surface area contributed by atoms with Gasteiger partial charge in [-0.2, -0.15) is 0 Å². The van der Waals surface area contributed by atoms with Gasteiger partial charge in [0, 0.05) is 47.3 Å². The van der Waals surface area contributed by atoms with Crippen LogP contribution in [0.4, 0.5) is 0 Å². The number of benzene rings is 7. The second-order valence-corrected chi connectivity index (χ2v) is 14.2. The van der Waals surface area contributed by atoms with Gasteiger partial charge in [-0.1, -0.05) is 103 Å². The Morgan fingerprint density at radius 2 is 1.08 bits per heavy atom. The molecule has 0 spiro atoms. The molecule has 0 aliphatic heterocycles. The van der Waals surface area contributed by atoms with Crippen molar-refractivity contribution in [2.75, 3.05) is 0 Å². The van der Waals surface area contributed by atoms with Gasteiger partial charge in [-0.3, -0.25) is 4.57 Å². The maximum Gasteiger partial charge on any atom is 0.138 e. The lowest BCUT2D eigenvalue weighted by atomic mass is 10.0. The Morgan fingerprint density at radius 3 is 1.92 bits per heavy atom. The van der Waals surface area contributed by atoms with Crippen LogP contribution in [0.5, 0.6) is 0 Å². The van der Waals surface area contributed by atoms with E-state index in [1.165, 1.54) is 42.1 Å². The molecule has 0 N–H and O–H groups in total. The molecular weight excluding hydrogens is 641 g/mol. The van der Waals surface area contributed by atoms with Gasteiger partial charge < -0.3 is 4.42 Å². The average molecular weight is 669 g/mol. The molecule has 0 amide bonds. The van der Waals surface area contributed by atoms with Crippen LogP contribution in [-0.4, -0.2) is 9.55 Å². The van der Waals surface area contributed by atoms with Gasteiger partial charge in [-0.05, 0) is 89.0 Å². The largest absolute Gasteiger partial charge is 0.456 e. The van der Waals surface area contributed by atoms with Crippen LogP contribution in [0.3, 0.4) is 0 Å². The van der Waals surface area contributed by atoms with E-state index in [-0.39, 0.29) is 0 Å². The van der Waals surface area contributed by atoms with Crippen molar-refractivity contribution in [3.05, 3.63) is 170 Å². The highest BCUT2D eigenvalue weighted by atomic mass is 32.1. The molecule has 0 aliphatic rings. The lowest BCUT2D eigenvalue weighted by Crippen LogP contribution is -2.00. The maximum atomic E-state index is 6.46. The fourth-order valence-corrected chi connectivity index (χ4v) is 8.96. The second-order valence-electron chi connectivity index (χ2n) is 13.1. The van der Waals surface area contributed by atoms with E-state index in [4.69, 9.17) is 9.40 Å². The third kappa shape index (κ3) is 4.40. The highest BCUT2D eigenvalue weighted by Gasteiger charge is 2.19. The van der Waals surface area contributed by atoms with Crippen molar-refractivity contribution in [1.82, 2.24) is 9.55 Å². The summed E-state index contributed by atoms with van der Waals surface area (Å²) in [5, 5.41) is 7.21. The van der Waals surface area contributed by atoms with E-state index in [9.17, 15) is 0 Å². The summed E-state index contributed by atoms with van der Waals surface area (Å²) in [6.07, 6.45) is 0. The Morgan fingerprint density at radius 1 is 0.412 bits per heavy atom. The summed E-state index contributed by atoms with van der Waals surface area (Å²) in [5.41, 5.74) is 10.7. The lowest BCUT2D eigenvalue weighted by Gasteiger charge is -2.13. The van der Waals surface area contributed by atoms with Crippen molar-refractivity contribution in [2.45, 2.75) is 0 Å². The number of nitrogens with zero attached hydrogens (tertiary/aromatic N) is 2. The van der Waals surface area contributed by atoms with Crippen LogP contribution in [0.15, 0.2) is 174 Å². The molecule has 11 aromatic rings. The minimum absolute atomic E-state index is 0.882. The lowest BCUT2D eigenvalue weighted by molar-refractivity contribution is 0.669. The zero-order valence-corrected chi connectivity index (χ0v) is 28.2. The monoisotopic (exact) mass is 668 g/mol. The van der Waals surface area contributed by atoms with E-state index in [1.807, 2.05) is 11.3 Å². The number of hydrogen-bond donors (Lipinski definition) is 0. The van der Waals surface area contributed by atoms with Crippen LogP contribution in [-0.2, 0) is 0 Å². The van der Waals surface area contributed by atoms with Crippen molar-refractivity contribution in [1.29, 1.82) is 0 Å². The Balaban J connectivity index is 1.17. The molecule has 51 heavy (non-hydrogen) atoms. The summed E-state index contributed by atoms with van der Waals surface area (Å²) in [7, 11) is 0. The topological polar surface area (TPSA) is 31.0 Å². The molecule has 0 fully saturated rings. The zero-order chi connectivity index (χ0) is 33.5. The van der Waals surface area contributed by atoms with Gasteiger partial charge in [0.05, 0.1) is 16.7 Å². The van der Waals surface area contributed by atoms with Crippen molar-refractivity contribution >= 4 is 75.3 Å². The highest BCUT2D eigenvalue weighted by Crippen LogP contribution is 2.43. The zero-order valence-electron chi connectivity index (χ0n) is 27.4. The number of fused-ring (bicyclic) bond motifs is 10. The molecule has 7 aromatic carbocycles. The van der Waals surface area contributed by atoms with Crippen molar-refractivity contribution in [3.8, 4) is 39.3 Å². The molecule has 0 radical (unpaired) electrons. The molecule has 4 aromatic heterocycles. The first-order chi connectivity index (χ1) is 25.3. The summed E-state index contributed by atoms with van der Waals surface area (Å²) in [5.74, 6) is 0.883. The molecular formula is C47H28N2OS. The molecule has 0 unspecified atom stereocenters. The number of aromatic nitrogens is 2. The van der Waals surface area contributed by atoms with Gasteiger partial charge in [0.15, 0.2) is 0 Å². The minimum atomic E-state index is 0.882. The van der Waals surface area contributed by atoms with Gasteiger partial charge in [-0.25, -0.2) is 4.98 Å². The Labute approximate surface area is 297 Å². The number of furan rings is 1. The fraction of sp³-hybridized carbons (Fsp3) is 0. The third-order valence-electron chi connectivity index (χ3n) is 10.2. The number of rotatable bonds is 4. The van der Waals surface area contributed by atoms with Crippen LogP contribution in [0, 0.1) is 0 Å². The SMILES string of the molecule is c1ccc(-c2cc(-c3ccc4oc5ccc6sc7ccccc7c6c5c4c3)nc(-n3c4ccccc4c4cc(-c5ccccc5)ccc43)c2)cc1. The first kappa shape index (κ1) is 28.4. The van der Waals surface area contributed by atoms with Crippen molar-refractivity contribution in [3.63, 3.8) is 0 Å². The van der Waals surface area contributed by atoms with Crippen molar-refractivity contribution in [2.24, 2.45) is 0 Å². The summed E-state index contributed by atoms with van der Waals surface area (Å²) < 4.78 is 11.3. The predicted molar refractivity (Wildman–Crippen MR) is 215 cm³/mol. The maximum absolute atomic E-state index is 6.46. The summed E-state index contributed by atoms with van der Waals surface area (Å²) >= 11 is 1.83. The highest BCUT2D eigenvalue weighted by molar-refractivity contribution is 7.26. The Hall–Kier alpha value is -6.49. The number of thiophene rings is 1. The van der Waals surface area contributed by atoms with Gasteiger partial charge in [0.2, 0.25) is 0 Å². The fourth-order valence-electron chi connectivity index (χ4n) is 7.85. The number of para-hydroxylation sites is 1. The molecule has 238 valence electrons. The van der Waals surface area contributed by atoms with E-state index >= 15 is 0 Å². The van der Waals surface area contributed by atoms with Crippen molar-refractivity contribution < 1.29 is 4.42 Å². The van der Waals surface area contributed by atoms with Gasteiger partial charge >= 0.3 is 0 Å². The van der Waals surface area contributed by atoms with E-state index in [0.29, 0.717) is 0 Å². The molecule has 4 heterocycles. The molecule has 0 atom stereocenters. The first-order valence-corrected chi connectivity index (χ1v) is 18.0. The number of hydrogen-bond acceptors (Lipinski definition) is 3. The molecule has 4 heteroatoms. The van der Waals surface area contributed by atoms with Crippen LogP contribution in [0.25, 0.3) is 103 Å². The van der Waals surface area contributed by atoms with Crippen LogP contribution < -0.4 is 0 Å². The molecule has 0 aliphatic carbocycles. The van der Waals surface area contributed by atoms with E-state index in [0.717, 1.165) is 61.2 Å². The Bertz CT molecular complexity index is 3130. The molecule has 0 saturated heterocycles. The van der Waals surface area contributed by atoms with Crippen LogP contribution in [0.1, 0.15) is 0 Å². The Kier molecular flexibility index (Phi) is 6.12. The van der Waals surface area contributed by atoms with Gasteiger partial charge in [-0.15, -0.1) is 11.3 Å². The molecule has 11 rings (SSSR count). The van der Waals surface area contributed by atoms with E-state index in [1.54, 1.807) is 0 Å². The smallest absolute Gasteiger partial charge is 0.138 e. The molecule has 3 nitrogen and oxygen atoms in total. The summed E-state index contributed by atoms with van der Waals surface area (Å²) in [6.45, 7) is 0. The quantitative estimate of drug-likeness (QED) is 0.187.